The molecule has 0 saturated heterocycles. The standard InChI is InChI=1S/C26H30N2O3/c1-20(26(29)27-17-21-10-6-4-7-11-21)28(2)18-23-14-15-24(25(16-23)30-3)31-19-22-12-8-5-9-13-22/h4-16,20H,17-19H2,1-3H3,(H,27,29)/p+1/t20-/m1/s1. The SMILES string of the molecule is COc1cc(C[NH+](C)[C@H](C)C(=O)NCc2ccccc2)ccc1OCc1ccccc1. The van der Waals surface area contributed by atoms with Crippen molar-refractivity contribution in [2.75, 3.05) is 14.2 Å². The highest BCUT2D eigenvalue weighted by Crippen LogP contribution is 2.28. The summed E-state index contributed by atoms with van der Waals surface area (Å²) in [5.41, 5.74) is 3.29. The molecule has 0 radical (unpaired) electrons. The predicted octanol–water partition coefficient (Wildman–Crippen LogP) is 2.99. The summed E-state index contributed by atoms with van der Waals surface area (Å²) < 4.78 is 11.5. The van der Waals surface area contributed by atoms with Gasteiger partial charge in [-0.1, -0.05) is 60.7 Å². The van der Waals surface area contributed by atoms with Crippen LogP contribution in [0.25, 0.3) is 0 Å². The molecule has 0 aromatic heterocycles. The zero-order valence-electron chi connectivity index (χ0n) is 18.4. The van der Waals surface area contributed by atoms with Crippen molar-refractivity contribution in [1.82, 2.24) is 5.32 Å². The molecule has 162 valence electrons. The fraction of sp³-hybridized carbons (Fsp3) is 0.269. The van der Waals surface area contributed by atoms with E-state index < -0.39 is 0 Å². The Morgan fingerprint density at radius 1 is 0.903 bits per heavy atom. The van der Waals surface area contributed by atoms with Crippen molar-refractivity contribution in [2.24, 2.45) is 0 Å². The number of hydrogen-bond acceptors (Lipinski definition) is 3. The molecule has 0 aliphatic heterocycles. The number of rotatable bonds is 10. The van der Waals surface area contributed by atoms with Gasteiger partial charge in [0.05, 0.1) is 14.2 Å². The van der Waals surface area contributed by atoms with Crippen LogP contribution in [-0.4, -0.2) is 26.1 Å². The summed E-state index contributed by atoms with van der Waals surface area (Å²) in [6, 6.07) is 25.7. The van der Waals surface area contributed by atoms with Gasteiger partial charge in [0, 0.05) is 12.1 Å². The van der Waals surface area contributed by atoms with Crippen molar-refractivity contribution < 1.29 is 19.2 Å². The zero-order valence-corrected chi connectivity index (χ0v) is 18.4. The first-order valence-corrected chi connectivity index (χ1v) is 10.5. The highest BCUT2D eigenvalue weighted by atomic mass is 16.5. The highest BCUT2D eigenvalue weighted by molar-refractivity contribution is 5.79. The van der Waals surface area contributed by atoms with Gasteiger partial charge >= 0.3 is 0 Å². The monoisotopic (exact) mass is 419 g/mol. The molecule has 5 nitrogen and oxygen atoms in total. The van der Waals surface area contributed by atoms with Crippen molar-refractivity contribution in [1.29, 1.82) is 0 Å². The third-order valence-electron chi connectivity index (χ3n) is 5.39. The van der Waals surface area contributed by atoms with Crippen LogP contribution in [0.4, 0.5) is 0 Å². The topological polar surface area (TPSA) is 52.0 Å². The number of ether oxygens (including phenoxy) is 2. The van der Waals surface area contributed by atoms with Crippen molar-refractivity contribution in [3.8, 4) is 11.5 Å². The van der Waals surface area contributed by atoms with Gasteiger partial charge in [0.15, 0.2) is 17.5 Å². The minimum absolute atomic E-state index is 0.0381. The predicted molar refractivity (Wildman–Crippen MR) is 122 cm³/mol. The first-order chi connectivity index (χ1) is 15.1. The van der Waals surface area contributed by atoms with E-state index in [0.29, 0.717) is 31.2 Å². The molecule has 3 aromatic carbocycles. The summed E-state index contributed by atoms with van der Waals surface area (Å²) in [5.74, 6) is 1.44. The Labute approximate surface area is 184 Å². The molecule has 1 unspecified atom stereocenters. The Balaban J connectivity index is 1.55. The van der Waals surface area contributed by atoms with E-state index in [1.54, 1.807) is 7.11 Å². The Hall–Kier alpha value is -3.31. The number of quaternary nitrogens is 1. The van der Waals surface area contributed by atoms with Gasteiger partial charge in [0.1, 0.15) is 13.2 Å². The van der Waals surface area contributed by atoms with E-state index in [9.17, 15) is 4.79 Å². The second kappa shape index (κ2) is 11.2. The lowest BCUT2D eigenvalue weighted by Gasteiger charge is -2.22. The van der Waals surface area contributed by atoms with Gasteiger partial charge in [-0.3, -0.25) is 4.79 Å². The second-order valence-corrected chi connectivity index (χ2v) is 7.71. The Morgan fingerprint density at radius 3 is 2.19 bits per heavy atom. The fourth-order valence-corrected chi connectivity index (χ4v) is 3.31. The van der Waals surface area contributed by atoms with Gasteiger partial charge < -0.3 is 19.7 Å². The van der Waals surface area contributed by atoms with Crippen LogP contribution in [0, 0.1) is 0 Å². The molecule has 0 aliphatic rings. The van der Waals surface area contributed by atoms with E-state index in [4.69, 9.17) is 9.47 Å². The third kappa shape index (κ3) is 6.59. The van der Waals surface area contributed by atoms with Gasteiger partial charge in [-0.2, -0.15) is 0 Å². The number of hydrogen-bond donors (Lipinski definition) is 2. The Kier molecular flexibility index (Phi) is 8.07. The summed E-state index contributed by atoms with van der Waals surface area (Å²) >= 11 is 0. The normalized spacial score (nSPS) is 12.6. The molecule has 0 heterocycles. The Morgan fingerprint density at radius 2 is 1.55 bits per heavy atom. The Bertz CT molecular complexity index is 961. The van der Waals surface area contributed by atoms with Crippen molar-refractivity contribution in [2.45, 2.75) is 32.7 Å². The molecule has 3 rings (SSSR count). The molecule has 2 atom stereocenters. The first kappa shape index (κ1) is 22.4. The maximum Gasteiger partial charge on any atom is 0.278 e. The summed E-state index contributed by atoms with van der Waals surface area (Å²) in [6.45, 7) is 3.68. The molecule has 0 bridgehead atoms. The minimum atomic E-state index is -0.177. The largest absolute Gasteiger partial charge is 0.493 e. The summed E-state index contributed by atoms with van der Waals surface area (Å²) in [4.78, 5) is 13.7. The van der Waals surface area contributed by atoms with Gasteiger partial charge in [-0.15, -0.1) is 0 Å². The van der Waals surface area contributed by atoms with Crippen LogP contribution in [0.3, 0.4) is 0 Å². The van der Waals surface area contributed by atoms with E-state index in [1.165, 1.54) is 0 Å². The maximum atomic E-state index is 12.6. The van der Waals surface area contributed by atoms with Crippen LogP contribution in [0.5, 0.6) is 11.5 Å². The molecule has 0 saturated carbocycles. The highest BCUT2D eigenvalue weighted by Gasteiger charge is 2.22. The maximum absolute atomic E-state index is 12.6. The molecule has 0 fully saturated rings. The summed E-state index contributed by atoms with van der Waals surface area (Å²) in [5, 5.41) is 3.02. The smallest absolute Gasteiger partial charge is 0.278 e. The quantitative estimate of drug-likeness (QED) is 0.531. The summed E-state index contributed by atoms with van der Waals surface area (Å²) in [7, 11) is 3.67. The molecule has 31 heavy (non-hydrogen) atoms. The van der Waals surface area contributed by atoms with E-state index >= 15 is 0 Å². The zero-order chi connectivity index (χ0) is 22.1. The van der Waals surface area contributed by atoms with Crippen LogP contribution in [0.1, 0.15) is 23.6 Å². The number of likely N-dealkylation sites (N-methyl/N-ethyl adjacent to an activating group) is 1. The molecular weight excluding hydrogens is 388 g/mol. The third-order valence-corrected chi connectivity index (χ3v) is 5.39. The van der Waals surface area contributed by atoms with Gasteiger partial charge in [0.25, 0.3) is 5.91 Å². The van der Waals surface area contributed by atoms with Crippen LogP contribution < -0.4 is 19.7 Å². The van der Waals surface area contributed by atoms with Gasteiger partial charge in [-0.25, -0.2) is 0 Å². The van der Waals surface area contributed by atoms with E-state index in [0.717, 1.165) is 21.6 Å². The molecule has 5 heteroatoms. The second-order valence-electron chi connectivity index (χ2n) is 7.71. The molecule has 0 aliphatic carbocycles. The van der Waals surface area contributed by atoms with E-state index in [-0.39, 0.29) is 11.9 Å². The molecular formula is C26H31N2O3+. The van der Waals surface area contributed by atoms with Crippen LogP contribution in [0.2, 0.25) is 0 Å². The lowest BCUT2D eigenvalue weighted by molar-refractivity contribution is -0.908. The number of amides is 1. The lowest BCUT2D eigenvalue weighted by atomic mass is 10.1. The van der Waals surface area contributed by atoms with Crippen LogP contribution >= 0.6 is 0 Å². The molecule has 2 N–H and O–H groups in total. The first-order valence-electron chi connectivity index (χ1n) is 10.5. The van der Waals surface area contributed by atoms with E-state index in [2.05, 4.69) is 5.32 Å². The number of benzene rings is 3. The van der Waals surface area contributed by atoms with Crippen molar-refractivity contribution in [3.63, 3.8) is 0 Å². The molecule has 0 spiro atoms. The number of nitrogens with one attached hydrogen (secondary N) is 2. The summed E-state index contributed by atoms with van der Waals surface area (Å²) in [6.07, 6.45) is 0. The lowest BCUT2D eigenvalue weighted by Crippen LogP contribution is -3.12. The number of carbonyl (C=O) groups is 1. The van der Waals surface area contributed by atoms with Gasteiger partial charge in [-0.05, 0) is 36.2 Å². The molecule has 3 aromatic rings. The average Bonchev–Trinajstić information content (AvgIpc) is 2.82. The molecule has 1 amide bonds. The average molecular weight is 420 g/mol. The van der Waals surface area contributed by atoms with Crippen molar-refractivity contribution >= 4 is 5.91 Å². The number of carbonyl (C=O) groups excluding carboxylic acids is 1. The van der Waals surface area contributed by atoms with Crippen LogP contribution in [-0.2, 0) is 24.5 Å². The fourth-order valence-electron chi connectivity index (χ4n) is 3.31. The van der Waals surface area contributed by atoms with Gasteiger partial charge in [0.2, 0.25) is 0 Å². The van der Waals surface area contributed by atoms with Crippen LogP contribution in [0.15, 0.2) is 78.9 Å². The van der Waals surface area contributed by atoms with E-state index in [1.807, 2.05) is 92.8 Å². The number of methoxy groups -OCH3 is 1. The van der Waals surface area contributed by atoms with Crippen molar-refractivity contribution in [3.05, 3.63) is 95.6 Å². The minimum Gasteiger partial charge on any atom is -0.493 e.